The van der Waals surface area contributed by atoms with Gasteiger partial charge in [-0.15, -0.1) is 24.8 Å². The summed E-state index contributed by atoms with van der Waals surface area (Å²) in [5.41, 5.74) is 5.30. The zero-order chi connectivity index (χ0) is 7.23. The van der Waals surface area contributed by atoms with E-state index in [1.54, 1.807) is 0 Å². The highest BCUT2D eigenvalue weighted by atomic mass is 35.5. The zero-order valence-electron chi connectivity index (χ0n) is 6.88. The maximum atomic E-state index is 5.30. The first-order valence-corrected chi connectivity index (χ1v) is 3.66. The van der Waals surface area contributed by atoms with Crippen LogP contribution >= 0.6 is 24.8 Å². The standard InChI is InChI=1S/C6H14N4.2ClH/c7-2-5-10-6-8-3-1-4-9-6;;/h1-5,7H2,(H2,8,9,10);2*1H. The fourth-order valence-electron chi connectivity index (χ4n) is 0.842. The maximum absolute atomic E-state index is 5.30. The van der Waals surface area contributed by atoms with Crippen LogP contribution in [0, 0.1) is 0 Å². The molecule has 0 amide bonds. The molecule has 0 unspecified atom stereocenters. The lowest BCUT2D eigenvalue weighted by Crippen LogP contribution is -2.42. The van der Waals surface area contributed by atoms with Gasteiger partial charge < -0.3 is 16.4 Å². The molecule has 0 bridgehead atoms. The molecule has 1 rings (SSSR count). The van der Waals surface area contributed by atoms with Crippen molar-refractivity contribution >= 4 is 30.8 Å². The van der Waals surface area contributed by atoms with Crippen LogP contribution in [0.4, 0.5) is 0 Å². The van der Waals surface area contributed by atoms with E-state index in [1.165, 1.54) is 0 Å². The third-order valence-electron chi connectivity index (χ3n) is 1.33. The number of guanidine groups is 1. The van der Waals surface area contributed by atoms with Crippen molar-refractivity contribution in [2.24, 2.45) is 10.7 Å². The number of halogens is 2. The lowest BCUT2D eigenvalue weighted by atomic mass is 10.4. The molecule has 4 N–H and O–H groups in total. The van der Waals surface area contributed by atoms with E-state index in [0.29, 0.717) is 6.54 Å². The Balaban J connectivity index is 0. The van der Waals surface area contributed by atoms with Crippen LogP contribution in [-0.2, 0) is 0 Å². The Bertz CT molecular complexity index is 129. The highest BCUT2D eigenvalue weighted by Crippen LogP contribution is 1.85. The molecule has 0 spiro atoms. The van der Waals surface area contributed by atoms with Gasteiger partial charge in [-0.05, 0) is 6.42 Å². The molecule has 1 aliphatic heterocycles. The first-order valence-electron chi connectivity index (χ1n) is 3.66. The second kappa shape index (κ2) is 8.90. The second-order valence-electron chi connectivity index (χ2n) is 2.23. The van der Waals surface area contributed by atoms with Crippen LogP contribution in [0.25, 0.3) is 0 Å². The van der Waals surface area contributed by atoms with Crippen LogP contribution < -0.4 is 16.4 Å². The Morgan fingerprint density at radius 2 is 2.25 bits per heavy atom. The number of hydrogen-bond donors (Lipinski definition) is 3. The summed E-state index contributed by atoms with van der Waals surface area (Å²) in [7, 11) is 0. The fourth-order valence-corrected chi connectivity index (χ4v) is 0.842. The van der Waals surface area contributed by atoms with Crippen LogP contribution in [0.3, 0.4) is 0 Å². The molecule has 74 valence electrons. The molecule has 1 aliphatic rings. The quantitative estimate of drug-likeness (QED) is 0.594. The van der Waals surface area contributed by atoms with Gasteiger partial charge in [-0.1, -0.05) is 0 Å². The minimum absolute atomic E-state index is 0. The van der Waals surface area contributed by atoms with E-state index in [0.717, 1.165) is 32.0 Å². The molecular weight excluding hydrogens is 199 g/mol. The average Bonchev–Trinajstić information content (AvgIpc) is 2.03. The molecule has 0 saturated heterocycles. The molecule has 0 aromatic carbocycles. The first kappa shape index (κ1) is 14.3. The number of nitrogens with two attached hydrogens (primary N) is 1. The lowest BCUT2D eigenvalue weighted by Gasteiger charge is -2.14. The van der Waals surface area contributed by atoms with Crippen molar-refractivity contribution in [3.8, 4) is 0 Å². The highest BCUT2D eigenvalue weighted by molar-refractivity contribution is 5.85. The van der Waals surface area contributed by atoms with Gasteiger partial charge >= 0.3 is 0 Å². The smallest absolute Gasteiger partial charge is 0.191 e. The molecule has 4 nitrogen and oxygen atoms in total. The van der Waals surface area contributed by atoms with Crippen LogP contribution in [0.1, 0.15) is 6.42 Å². The Morgan fingerprint density at radius 3 is 2.75 bits per heavy atom. The second-order valence-corrected chi connectivity index (χ2v) is 2.23. The van der Waals surface area contributed by atoms with Gasteiger partial charge in [-0.25, -0.2) is 0 Å². The lowest BCUT2D eigenvalue weighted by molar-refractivity contribution is 0.702. The van der Waals surface area contributed by atoms with Gasteiger partial charge in [-0.3, -0.25) is 4.99 Å². The third kappa shape index (κ3) is 5.46. The van der Waals surface area contributed by atoms with Crippen molar-refractivity contribution in [2.75, 3.05) is 26.2 Å². The summed E-state index contributed by atoms with van der Waals surface area (Å²) < 4.78 is 0. The minimum atomic E-state index is 0. The van der Waals surface area contributed by atoms with Crippen molar-refractivity contribution in [2.45, 2.75) is 6.42 Å². The Kier molecular flexibility index (Phi) is 10.6. The van der Waals surface area contributed by atoms with E-state index in [9.17, 15) is 0 Å². The first-order chi connectivity index (χ1) is 4.93. The minimum Gasteiger partial charge on any atom is -0.356 e. The van der Waals surface area contributed by atoms with Gasteiger partial charge in [0.15, 0.2) is 5.96 Å². The van der Waals surface area contributed by atoms with Crippen molar-refractivity contribution < 1.29 is 0 Å². The molecule has 0 aromatic heterocycles. The van der Waals surface area contributed by atoms with E-state index < -0.39 is 0 Å². The van der Waals surface area contributed by atoms with E-state index in [4.69, 9.17) is 5.73 Å². The van der Waals surface area contributed by atoms with Gasteiger partial charge in [0.05, 0.1) is 0 Å². The normalized spacial score (nSPS) is 14.6. The van der Waals surface area contributed by atoms with Gasteiger partial charge in [-0.2, -0.15) is 0 Å². The topological polar surface area (TPSA) is 62.4 Å². The number of aliphatic imine (C=N–C) groups is 1. The molecule has 6 heteroatoms. The monoisotopic (exact) mass is 214 g/mol. The summed E-state index contributed by atoms with van der Waals surface area (Å²) in [6, 6.07) is 0. The Hall–Kier alpha value is -0.190. The summed E-state index contributed by atoms with van der Waals surface area (Å²) in [4.78, 5) is 4.21. The molecule has 1 heterocycles. The van der Waals surface area contributed by atoms with Crippen LogP contribution in [0.5, 0.6) is 0 Å². The number of hydrogen-bond acceptors (Lipinski definition) is 4. The largest absolute Gasteiger partial charge is 0.356 e. The molecule has 0 atom stereocenters. The molecule has 12 heavy (non-hydrogen) atoms. The summed E-state index contributed by atoms with van der Waals surface area (Å²) in [5, 5.41) is 6.22. The zero-order valence-corrected chi connectivity index (χ0v) is 8.51. The number of rotatable bonds is 2. The third-order valence-corrected chi connectivity index (χ3v) is 1.33. The summed E-state index contributed by atoms with van der Waals surface area (Å²) in [5.74, 6) is 0.900. The summed E-state index contributed by atoms with van der Waals surface area (Å²) in [6.45, 7) is 3.41. The number of nitrogens with zero attached hydrogens (tertiary/aromatic N) is 1. The summed E-state index contributed by atoms with van der Waals surface area (Å²) in [6.07, 6.45) is 1.13. The van der Waals surface area contributed by atoms with E-state index in [1.807, 2.05) is 0 Å². The predicted octanol–water partition coefficient (Wildman–Crippen LogP) is -0.272. The Labute approximate surface area is 85.2 Å². The van der Waals surface area contributed by atoms with E-state index in [2.05, 4.69) is 15.6 Å². The maximum Gasteiger partial charge on any atom is 0.191 e. The fraction of sp³-hybridized carbons (Fsp3) is 0.833. The average molecular weight is 215 g/mol. The van der Waals surface area contributed by atoms with Crippen LogP contribution in [0.2, 0.25) is 0 Å². The SMILES string of the molecule is Cl.Cl.NCCNC1=NCCCN1. The molecule has 0 aliphatic carbocycles. The highest BCUT2D eigenvalue weighted by Gasteiger charge is 2.00. The molecule has 0 fully saturated rings. The van der Waals surface area contributed by atoms with E-state index >= 15 is 0 Å². The van der Waals surface area contributed by atoms with Gasteiger partial charge in [0.2, 0.25) is 0 Å². The van der Waals surface area contributed by atoms with Gasteiger partial charge in [0, 0.05) is 26.2 Å². The Morgan fingerprint density at radius 1 is 1.50 bits per heavy atom. The number of nitrogens with one attached hydrogen (secondary N) is 2. The van der Waals surface area contributed by atoms with Gasteiger partial charge in [0.25, 0.3) is 0 Å². The molecular formula is C6H16Cl2N4. The van der Waals surface area contributed by atoms with E-state index in [-0.39, 0.29) is 24.8 Å². The molecule has 0 saturated carbocycles. The predicted molar refractivity (Wildman–Crippen MR) is 56.5 cm³/mol. The van der Waals surface area contributed by atoms with Crippen LogP contribution in [0.15, 0.2) is 4.99 Å². The summed E-state index contributed by atoms with van der Waals surface area (Å²) >= 11 is 0. The van der Waals surface area contributed by atoms with Crippen molar-refractivity contribution in [3.05, 3.63) is 0 Å². The molecule has 0 radical (unpaired) electrons. The van der Waals surface area contributed by atoms with Gasteiger partial charge in [0.1, 0.15) is 0 Å². The van der Waals surface area contributed by atoms with Crippen LogP contribution in [-0.4, -0.2) is 32.1 Å². The molecule has 0 aromatic rings. The van der Waals surface area contributed by atoms with Crippen molar-refractivity contribution in [1.29, 1.82) is 0 Å². The van der Waals surface area contributed by atoms with Crippen molar-refractivity contribution in [3.63, 3.8) is 0 Å². The van der Waals surface area contributed by atoms with Crippen molar-refractivity contribution in [1.82, 2.24) is 10.6 Å².